The van der Waals surface area contributed by atoms with Gasteiger partial charge in [-0.3, -0.25) is 4.79 Å². The van der Waals surface area contributed by atoms with Gasteiger partial charge in [-0.15, -0.1) is 0 Å². The van der Waals surface area contributed by atoms with E-state index >= 15 is 0 Å². The van der Waals surface area contributed by atoms with Gasteiger partial charge < -0.3 is 19.9 Å². The fourth-order valence-electron chi connectivity index (χ4n) is 2.09. The molecule has 1 atom stereocenters. The second-order valence-corrected chi connectivity index (χ2v) is 5.53. The molecule has 1 saturated heterocycles. The zero-order valence-corrected chi connectivity index (χ0v) is 13.3. The fourth-order valence-corrected chi connectivity index (χ4v) is 2.44. The monoisotopic (exact) mass is 343 g/mol. The highest BCUT2D eigenvalue weighted by Gasteiger charge is 2.31. The van der Waals surface area contributed by atoms with E-state index in [4.69, 9.17) is 4.74 Å². The van der Waals surface area contributed by atoms with E-state index in [9.17, 15) is 4.79 Å². The van der Waals surface area contributed by atoms with E-state index in [0.717, 1.165) is 6.54 Å². The maximum Gasteiger partial charge on any atom is 0.246 e. The van der Waals surface area contributed by atoms with E-state index in [1.165, 1.54) is 0 Å². The van der Waals surface area contributed by atoms with E-state index in [0.29, 0.717) is 29.4 Å². The zero-order chi connectivity index (χ0) is 14.7. The van der Waals surface area contributed by atoms with Crippen LogP contribution in [0.15, 0.2) is 10.7 Å². The second-order valence-electron chi connectivity index (χ2n) is 4.67. The van der Waals surface area contributed by atoms with Crippen LogP contribution in [0.1, 0.15) is 0 Å². The van der Waals surface area contributed by atoms with Gasteiger partial charge in [0.1, 0.15) is 6.04 Å². The quantitative estimate of drug-likeness (QED) is 0.840. The Morgan fingerprint density at radius 1 is 1.60 bits per heavy atom. The van der Waals surface area contributed by atoms with Crippen molar-refractivity contribution in [1.29, 1.82) is 0 Å². The van der Waals surface area contributed by atoms with Crippen molar-refractivity contribution in [1.82, 2.24) is 20.2 Å². The number of hydrogen-bond acceptors (Lipinski definition) is 6. The van der Waals surface area contributed by atoms with Crippen LogP contribution >= 0.6 is 15.9 Å². The first-order valence-corrected chi connectivity index (χ1v) is 7.09. The smallest absolute Gasteiger partial charge is 0.246 e. The highest BCUT2D eigenvalue weighted by molar-refractivity contribution is 9.10. The van der Waals surface area contributed by atoms with Gasteiger partial charge in [0.25, 0.3) is 0 Å². The Labute approximate surface area is 126 Å². The first kappa shape index (κ1) is 15.0. The number of aromatic nitrogens is 2. The van der Waals surface area contributed by atoms with Crippen LogP contribution in [0.3, 0.4) is 0 Å². The minimum atomic E-state index is -0.301. The molecule has 0 spiro atoms. The van der Waals surface area contributed by atoms with E-state index in [1.807, 2.05) is 4.90 Å². The molecule has 1 unspecified atom stereocenters. The number of likely N-dealkylation sites (N-methyl/N-ethyl adjacent to an activating group) is 1. The van der Waals surface area contributed by atoms with Gasteiger partial charge in [-0.2, -0.15) is 4.98 Å². The Morgan fingerprint density at radius 2 is 2.35 bits per heavy atom. The van der Waals surface area contributed by atoms with E-state index < -0.39 is 0 Å². The summed E-state index contributed by atoms with van der Waals surface area (Å²) in [5, 5.41) is 3.23. The molecular formula is C12H18BrN5O2. The summed E-state index contributed by atoms with van der Waals surface area (Å²) in [6, 6.07) is -0.301. The van der Waals surface area contributed by atoms with Gasteiger partial charge in [-0.25, -0.2) is 4.98 Å². The summed E-state index contributed by atoms with van der Waals surface area (Å²) in [4.78, 5) is 24.4. The van der Waals surface area contributed by atoms with Gasteiger partial charge in [0, 0.05) is 33.7 Å². The maximum atomic E-state index is 12.3. The molecule has 0 aliphatic carbocycles. The molecule has 8 heteroatoms. The van der Waals surface area contributed by atoms with Crippen molar-refractivity contribution in [2.24, 2.45) is 0 Å². The van der Waals surface area contributed by atoms with Gasteiger partial charge >= 0.3 is 0 Å². The molecule has 1 aromatic rings. The molecule has 0 bridgehead atoms. The number of carbonyl (C=O) groups excluding carboxylic acids is 1. The first-order valence-electron chi connectivity index (χ1n) is 6.29. The number of hydrogen-bond donors (Lipinski definition) is 1. The molecule has 1 aromatic heterocycles. The summed E-state index contributed by atoms with van der Waals surface area (Å²) in [5.74, 6) is 0.999. The van der Waals surface area contributed by atoms with Crippen LogP contribution in [0, 0.1) is 0 Å². The lowest BCUT2D eigenvalue weighted by atomic mass is 10.2. The predicted octanol–water partition coefficient (Wildman–Crippen LogP) is 0.114. The highest BCUT2D eigenvalue weighted by Crippen LogP contribution is 2.24. The lowest BCUT2D eigenvalue weighted by Gasteiger charge is -2.36. The minimum Gasteiger partial charge on any atom is -0.480 e. The molecule has 2 heterocycles. The number of carbonyl (C=O) groups is 1. The number of halogens is 1. The normalized spacial score (nSPS) is 18.8. The van der Waals surface area contributed by atoms with Crippen molar-refractivity contribution in [3.8, 4) is 5.88 Å². The lowest BCUT2D eigenvalue weighted by molar-refractivity contribution is -0.130. The summed E-state index contributed by atoms with van der Waals surface area (Å²) in [7, 11) is 5.05. The molecular weight excluding hydrogens is 326 g/mol. The lowest BCUT2D eigenvalue weighted by Crippen LogP contribution is -2.58. The summed E-state index contributed by atoms with van der Waals surface area (Å²) in [6.45, 7) is 2.05. The molecule has 1 N–H and O–H groups in total. The number of anilines is 1. The number of amides is 1. The predicted molar refractivity (Wildman–Crippen MR) is 79.0 cm³/mol. The topological polar surface area (TPSA) is 70.6 Å². The van der Waals surface area contributed by atoms with Crippen molar-refractivity contribution in [2.75, 3.05) is 45.7 Å². The Bertz CT molecular complexity index is 497. The third-order valence-electron chi connectivity index (χ3n) is 3.12. The van der Waals surface area contributed by atoms with Crippen LogP contribution in [-0.4, -0.2) is 67.7 Å². The van der Waals surface area contributed by atoms with E-state index in [-0.39, 0.29) is 11.9 Å². The zero-order valence-electron chi connectivity index (χ0n) is 11.8. The molecule has 1 aliphatic heterocycles. The number of ether oxygens (including phenoxy) is 1. The Balaban J connectivity index is 2.30. The van der Waals surface area contributed by atoms with Crippen molar-refractivity contribution in [3.63, 3.8) is 0 Å². The van der Waals surface area contributed by atoms with Crippen molar-refractivity contribution in [2.45, 2.75) is 6.04 Å². The molecule has 0 saturated carbocycles. The molecule has 110 valence electrons. The molecule has 0 aromatic carbocycles. The van der Waals surface area contributed by atoms with Crippen molar-refractivity contribution >= 4 is 27.8 Å². The number of nitrogens with one attached hydrogen (secondary N) is 1. The summed E-state index contributed by atoms with van der Waals surface area (Å²) >= 11 is 3.33. The van der Waals surface area contributed by atoms with Crippen molar-refractivity contribution in [3.05, 3.63) is 10.7 Å². The Kier molecular flexibility index (Phi) is 4.77. The summed E-state index contributed by atoms with van der Waals surface area (Å²) in [5.41, 5.74) is 0. The van der Waals surface area contributed by atoms with Gasteiger partial charge in [-0.1, -0.05) is 0 Å². The molecule has 7 nitrogen and oxygen atoms in total. The average molecular weight is 344 g/mol. The molecule has 1 amide bonds. The third kappa shape index (κ3) is 3.01. The summed E-state index contributed by atoms with van der Waals surface area (Å²) < 4.78 is 5.87. The van der Waals surface area contributed by atoms with Crippen LogP contribution in [0.4, 0.5) is 5.95 Å². The third-order valence-corrected chi connectivity index (χ3v) is 3.66. The van der Waals surface area contributed by atoms with Crippen LogP contribution in [0.25, 0.3) is 0 Å². The standard InChI is InChI=1S/C12H18BrN5O2/c1-17(2)11(19)9-7-14-4-5-18(9)12-15-6-8(13)10(16-12)20-3/h6,9,14H,4-5,7H2,1-3H3. The van der Waals surface area contributed by atoms with Crippen LogP contribution in [-0.2, 0) is 4.79 Å². The van der Waals surface area contributed by atoms with E-state index in [2.05, 4.69) is 31.2 Å². The van der Waals surface area contributed by atoms with Gasteiger partial charge in [-0.05, 0) is 15.9 Å². The molecule has 20 heavy (non-hydrogen) atoms. The van der Waals surface area contributed by atoms with Crippen LogP contribution < -0.4 is 15.0 Å². The minimum absolute atomic E-state index is 0.0303. The van der Waals surface area contributed by atoms with Crippen LogP contribution in [0.2, 0.25) is 0 Å². The number of rotatable bonds is 3. The van der Waals surface area contributed by atoms with Crippen LogP contribution in [0.5, 0.6) is 5.88 Å². The average Bonchev–Trinajstić information content (AvgIpc) is 2.47. The highest BCUT2D eigenvalue weighted by atomic mass is 79.9. The van der Waals surface area contributed by atoms with Gasteiger partial charge in [0.15, 0.2) is 0 Å². The Morgan fingerprint density at radius 3 is 3.00 bits per heavy atom. The molecule has 0 radical (unpaired) electrons. The SMILES string of the molecule is COc1nc(N2CCNCC2C(=O)N(C)C)ncc1Br. The molecule has 1 fully saturated rings. The summed E-state index contributed by atoms with van der Waals surface area (Å²) in [6.07, 6.45) is 1.64. The second kappa shape index (κ2) is 6.36. The van der Waals surface area contributed by atoms with Gasteiger partial charge in [0.2, 0.25) is 17.7 Å². The number of nitrogens with zero attached hydrogens (tertiary/aromatic N) is 4. The molecule has 1 aliphatic rings. The van der Waals surface area contributed by atoms with E-state index in [1.54, 1.807) is 32.3 Å². The first-order chi connectivity index (χ1) is 9.54. The molecule has 2 rings (SSSR count). The number of methoxy groups -OCH3 is 1. The van der Waals surface area contributed by atoms with Crippen molar-refractivity contribution < 1.29 is 9.53 Å². The largest absolute Gasteiger partial charge is 0.480 e. The van der Waals surface area contributed by atoms with Gasteiger partial charge in [0.05, 0.1) is 17.8 Å². The Hall–Kier alpha value is -1.41. The number of piperazine rings is 1. The maximum absolute atomic E-state index is 12.3. The fraction of sp³-hybridized carbons (Fsp3) is 0.583.